The van der Waals surface area contributed by atoms with E-state index in [1.807, 2.05) is 0 Å². The maximum absolute atomic E-state index is 12.8. The molecule has 0 saturated carbocycles. The SMILES string of the molecule is O=C(/C=C\c1ccc(Cl)c(C(F)(F)F)c1)NCc1ccc2c(c1)OCO2. The lowest BCUT2D eigenvalue weighted by Crippen LogP contribution is -2.20. The van der Waals surface area contributed by atoms with Gasteiger partial charge in [-0.2, -0.15) is 13.2 Å². The molecule has 3 rings (SSSR count). The van der Waals surface area contributed by atoms with Crippen molar-refractivity contribution in [2.45, 2.75) is 12.7 Å². The number of nitrogens with one attached hydrogen (secondary N) is 1. The van der Waals surface area contributed by atoms with Gasteiger partial charge in [0, 0.05) is 12.6 Å². The van der Waals surface area contributed by atoms with Crippen LogP contribution in [0.5, 0.6) is 11.5 Å². The largest absolute Gasteiger partial charge is 0.454 e. The third-order valence-corrected chi connectivity index (χ3v) is 3.96. The van der Waals surface area contributed by atoms with Gasteiger partial charge in [0.25, 0.3) is 0 Å². The lowest BCUT2D eigenvalue weighted by Gasteiger charge is -2.09. The van der Waals surface area contributed by atoms with Crippen molar-refractivity contribution in [3.8, 4) is 11.5 Å². The van der Waals surface area contributed by atoms with Gasteiger partial charge in [0.1, 0.15) is 0 Å². The van der Waals surface area contributed by atoms with Crippen LogP contribution < -0.4 is 14.8 Å². The summed E-state index contributed by atoms with van der Waals surface area (Å²) in [5, 5.41) is 2.26. The molecule has 4 nitrogen and oxygen atoms in total. The first kappa shape index (κ1) is 18.1. The molecule has 26 heavy (non-hydrogen) atoms. The van der Waals surface area contributed by atoms with E-state index in [1.165, 1.54) is 12.1 Å². The van der Waals surface area contributed by atoms with E-state index < -0.39 is 17.6 Å². The summed E-state index contributed by atoms with van der Waals surface area (Å²) in [7, 11) is 0. The number of benzene rings is 2. The molecule has 1 N–H and O–H groups in total. The topological polar surface area (TPSA) is 47.6 Å². The summed E-state index contributed by atoms with van der Waals surface area (Å²) < 4.78 is 48.9. The van der Waals surface area contributed by atoms with Gasteiger partial charge in [0.2, 0.25) is 12.7 Å². The first-order valence-corrected chi connectivity index (χ1v) is 7.92. The van der Waals surface area contributed by atoms with Crippen molar-refractivity contribution in [3.63, 3.8) is 0 Å². The van der Waals surface area contributed by atoms with E-state index in [9.17, 15) is 18.0 Å². The fourth-order valence-electron chi connectivity index (χ4n) is 2.33. The summed E-state index contributed by atoms with van der Waals surface area (Å²) >= 11 is 5.56. The molecule has 0 atom stereocenters. The van der Waals surface area contributed by atoms with Crippen LogP contribution in [0, 0.1) is 0 Å². The van der Waals surface area contributed by atoms with Crippen LogP contribution in [-0.2, 0) is 17.5 Å². The molecule has 0 bridgehead atoms. The van der Waals surface area contributed by atoms with E-state index in [4.69, 9.17) is 21.1 Å². The van der Waals surface area contributed by atoms with Gasteiger partial charge in [-0.3, -0.25) is 4.79 Å². The first-order valence-electron chi connectivity index (χ1n) is 7.54. The van der Waals surface area contributed by atoms with Gasteiger partial charge in [-0.1, -0.05) is 23.7 Å². The summed E-state index contributed by atoms with van der Waals surface area (Å²) in [5.74, 6) is 0.808. The summed E-state index contributed by atoms with van der Waals surface area (Å²) in [6, 6.07) is 8.72. The van der Waals surface area contributed by atoms with Crippen LogP contribution in [0.2, 0.25) is 5.02 Å². The van der Waals surface area contributed by atoms with Crippen molar-refractivity contribution >= 4 is 23.6 Å². The van der Waals surface area contributed by atoms with Crippen molar-refractivity contribution in [1.82, 2.24) is 5.32 Å². The Morgan fingerprint density at radius 2 is 1.92 bits per heavy atom. The monoisotopic (exact) mass is 383 g/mol. The average molecular weight is 384 g/mol. The number of hydrogen-bond acceptors (Lipinski definition) is 3. The Morgan fingerprint density at radius 1 is 1.15 bits per heavy atom. The van der Waals surface area contributed by atoms with Crippen molar-refractivity contribution in [1.29, 1.82) is 0 Å². The average Bonchev–Trinajstić information content (AvgIpc) is 3.06. The van der Waals surface area contributed by atoms with Crippen LogP contribution in [0.4, 0.5) is 13.2 Å². The second-order valence-corrected chi connectivity index (χ2v) is 5.88. The predicted molar refractivity (Wildman–Crippen MR) is 89.9 cm³/mol. The number of carbonyl (C=O) groups is 1. The van der Waals surface area contributed by atoms with Crippen LogP contribution in [-0.4, -0.2) is 12.7 Å². The Kier molecular flexibility index (Phi) is 5.08. The van der Waals surface area contributed by atoms with Crippen LogP contribution in [0.15, 0.2) is 42.5 Å². The van der Waals surface area contributed by atoms with Crippen LogP contribution in [0.25, 0.3) is 6.08 Å². The standard InChI is InChI=1S/C18H13ClF3NO3/c19-14-4-1-11(7-13(14)18(20,21)22)3-6-17(24)23-9-12-2-5-15-16(8-12)26-10-25-15/h1-8H,9-10H2,(H,23,24)/b6-3-. The molecule has 1 aliphatic heterocycles. The number of carbonyl (C=O) groups excluding carboxylic acids is 1. The molecule has 1 amide bonds. The van der Waals surface area contributed by atoms with Crippen molar-refractivity contribution in [2.75, 3.05) is 6.79 Å². The lowest BCUT2D eigenvalue weighted by molar-refractivity contribution is -0.137. The van der Waals surface area contributed by atoms with E-state index in [0.29, 0.717) is 11.5 Å². The highest BCUT2D eigenvalue weighted by molar-refractivity contribution is 6.31. The normalized spacial score (nSPS) is 13.2. The maximum atomic E-state index is 12.8. The zero-order valence-electron chi connectivity index (χ0n) is 13.3. The molecule has 0 aliphatic carbocycles. The van der Waals surface area contributed by atoms with Crippen LogP contribution in [0.3, 0.4) is 0 Å². The smallest absolute Gasteiger partial charge is 0.417 e. The van der Waals surface area contributed by atoms with Crippen molar-refractivity contribution < 1.29 is 27.4 Å². The van der Waals surface area contributed by atoms with Gasteiger partial charge in [0.15, 0.2) is 11.5 Å². The van der Waals surface area contributed by atoms with Gasteiger partial charge in [0.05, 0.1) is 10.6 Å². The zero-order chi connectivity index (χ0) is 18.7. The molecule has 136 valence electrons. The molecule has 2 aromatic rings. The molecule has 2 aromatic carbocycles. The fraction of sp³-hybridized carbons (Fsp3) is 0.167. The van der Waals surface area contributed by atoms with E-state index in [0.717, 1.165) is 23.8 Å². The molecule has 0 radical (unpaired) electrons. The third kappa shape index (κ3) is 4.29. The predicted octanol–water partition coefficient (Wildman–Crippen LogP) is 4.42. The Balaban J connectivity index is 1.61. The molecular formula is C18H13ClF3NO3. The molecule has 0 saturated heterocycles. The number of ether oxygens (including phenoxy) is 2. The zero-order valence-corrected chi connectivity index (χ0v) is 14.0. The third-order valence-electron chi connectivity index (χ3n) is 3.63. The number of halogens is 4. The number of fused-ring (bicyclic) bond motifs is 1. The molecule has 1 heterocycles. The summed E-state index contributed by atoms with van der Waals surface area (Å²) in [5.41, 5.74) is 0.0869. The summed E-state index contributed by atoms with van der Waals surface area (Å²) in [6.07, 6.45) is -2.10. The Morgan fingerprint density at radius 3 is 2.69 bits per heavy atom. The van der Waals surface area contributed by atoms with E-state index in [2.05, 4.69) is 5.32 Å². The molecule has 0 fully saturated rings. The Hall–Kier alpha value is -2.67. The highest BCUT2D eigenvalue weighted by atomic mass is 35.5. The van der Waals surface area contributed by atoms with Gasteiger partial charge in [-0.25, -0.2) is 0 Å². The molecule has 1 aliphatic rings. The number of amides is 1. The molecular weight excluding hydrogens is 371 g/mol. The molecule has 8 heteroatoms. The van der Waals surface area contributed by atoms with E-state index in [-0.39, 0.29) is 23.9 Å². The quantitative estimate of drug-likeness (QED) is 0.795. The van der Waals surface area contributed by atoms with E-state index in [1.54, 1.807) is 18.2 Å². The molecule has 0 aromatic heterocycles. The van der Waals surface area contributed by atoms with Crippen molar-refractivity contribution in [2.24, 2.45) is 0 Å². The second-order valence-electron chi connectivity index (χ2n) is 5.48. The molecule has 0 spiro atoms. The summed E-state index contributed by atoms with van der Waals surface area (Å²) in [4.78, 5) is 11.9. The van der Waals surface area contributed by atoms with Crippen LogP contribution >= 0.6 is 11.6 Å². The molecule has 0 unspecified atom stereocenters. The van der Waals surface area contributed by atoms with Crippen molar-refractivity contribution in [3.05, 3.63) is 64.2 Å². The number of alkyl halides is 3. The lowest BCUT2D eigenvalue weighted by atomic mass is 10.1. The van der Waals surface area contributed by atoms with E-state index >= 15 is 0 Å². The minimum absolute atomic E-state index is 0.162. The Bertz CT molecular complexity index is 865. The number of rotatable bonds is 4. The number of hydrogen-bond donors (Lipinski definition) is 1. The fourth-order valence-corrected chi connectivity index (χ4v) is 2.56. The summed E-state index contributed by atoms with van der Waals surface area (Å²) in [6.45, 7) is 0.406. The van der Waals surface area contributed by atoms with Gasteiger partial charge < -0.3 is 14.8 Å². The highest BCUT2D eigenvalue weighted by Gasteiger charge is 2.33. The first-order chi connectivity index (χ1) is 12.3. The highest BCUT2D eigenvalue weighted by Crippen LogP contribution is 2.35. The minimum atomic E-state index is -4.55. The van der Waals surface area contributed by atoms with Crippen LogP contribution in [0.1, 0.15) is 16.7 Å². The van der Waals surface area contributed by atoms with Gasteiger partial charge in [-0.15, -0.1) is 0 Å². The van der Waals surface area contributed by atoms with Gasteiger partial charge >= 0.3 is 6.18 Å². The second kappa shape index (κ2) is 7.29. The van der Waals surface area contributed by atoms with Gasteiger partial charge in [-0.05, 0) is 41.5 Å². The maximum Gasteiger partial charge on any atom is 0.417 e. The minimum Gasteiger partial charge on any atom is -0.454 e. The Labute approximate surface area is 152 Å².